The fourth-order valence-electron chi connectivity index (χ4n) is 2.91. The van der Waals surface area contributed by atoms with Gasteiger partial charge in [0.15, 0.2) is 0 Å². The quantitative estimate of drug-likeness (QED) is 0.506. The lowest BCUT2D eigenvalue weighted by Gasteiger charge is -2.17. The predicted molar refractivity (Wildman–Crippen MR) is 85.0 cm³/mol. The van der Waals surface area contributed by atoms with E-state index in [4.69, 9.17) is 0 Å². The van der Waals surface area contributed by atoms with Crippen LogP contribution in [0.3, 0.4) is 0 Å². The van der Waals surface area contributed by atoms with Gasteiger partial charge < -0.3 is 0 Å². The predicted octanol–water partition coefficient (Wildman–Crippen LogP) is 5.05. The van der Waals surface area contributed by atoms with Crippen molar-refractivity contribution in [2.24, 2.45) is 5.92 Å². The van der Waals surface area contributed by atoms with E-state index in [1.54, 1.807) is 6.08 Å². The highest BCUT2D eigenvalue weighted by atomic mass is 19.1. The summed E-state index contributed by atoms with van der Waals surface area (Å²) in [5.41, 5.74) is 1.32. The third-order valence-electron chi connectivity index (χ3n) is 4.15. The minimum absolute atomic E-state index is 0.272. The van der Waals surface area contributed by atoms with E-state index in [0.29, 0.717) is 25.0 Å². The molecule has 0 unspecified atom stereocenters. The topological polar surface area (TPSA) is 17.1 Å². The Balaban J connectivity index is 1.61. The summed E-state index contributed by atoms with van der Waals surface area (Å²) < 4.78 is 13.8. The van der Waals surface area contributed by atoms with E-state index in [1.807, 2.05) is 24.3 Å². The second kappa shape index (κ2) is 8.76. The van der Waals surface area contributed by atoms with E-state index in [-0.39, 0.29) is 5.92 Å². The average Bonchev–Trinajstić information content (AvgIpc) is 2.51. The number of Topliss-reactive ketones (excluding diaryl/α,β-unsaturated/α-hetero) is 1. The maximum absolute atomic E-state index is 13.8. The molecule has 2 rings (SSSR count). The molecule has 0 bridgehead atoms. The molecule has 21 heavy (non-hydrogen) atoms. The molecule has 1 fully saturated rings. The highest BCUT2D eigenvalue weighted by molar-refractivity contribution is 5.79. The number of unbranched alkanes of at least 4 members (excludes halogenated alkanes) is 1. The van der Waals surface area contributed by atoms with Crippen LogP contribution >= 0.6 is 0 Å². The van der Waals surface area contributed by atoms with Crippen molar-refractivity contribution in [1.82, 2.24) is 0 Å². The Labute approximate surface area is 127 Å². The highest BCUT2D eigenvalue weighted by Crippen LogP contribution is 2.23. The Morgan fingerprint density at radius 2 is 2.05 bits per heavy atom. The van der Waals surface area contributed by atoms with Gasteiger partial charge in [-0.1, -0.05) is 42.5 Å². The van der Waals surface area contributed by atoms with Gasteiger partial charge in [-0.15, -0.1) is 0 Å². The number of aryl methyl sites for hydroxylation is 1. The molecule has 0 saturated heterocycles. The number of ketones is 1. The fraction of sp³-hybridized carbons (Fsp3) is 0.526. The lowest BCUT2D eigenvalue weighted by Crippen LogP contribution is -2.13. The first-order valence-corrected chi connectivity index (χ1v) is 8.12. The molecule has 114 valence electrons. The second-order valence-electron chi connectivity index (χ2n) is 6.03. The lowest BCUT2D eigenvalue weighted by molar-refractivity contribution is -0.121. The molecule has 1 aromatic carbocycles. The summed E-state index contributed by atoms with van der Waals surface area (Å²) in [6.45, 7) is 0. The molecule has 1 saturated carbocycles. The van der Waals surface area contributed by atoms with Gasteiger partial charge >= 0.3 is 0 Å². The first-order valence-electron chi connectivity index (χ1n) is 8.12. The summed E-state index contributed by atoms with van der Waals surface area (Å²) in [6, 6.07) is 10.3. The van der Waals surface area contributed by atoms with Gasteiger partial charge in [0, 0.05) is 12.8 Å². The van der Waals surface area contributed by atoms with Gasteiger partial charge in [0.2, 0.25) is 0 Å². The molecule has 0 aromatic heterocycles. The zero-order valence-electron chi connectivity index (χ0n) is 12.6. The number of allylic oxidation sites excluding steroid dienone is 2. The number of alkyl halides is 1. The van der Waals surface area contributed by atoms with Crippen LogP contribution in [0.15, 0.2) is 42.5 Å². The molecule has 0 radical (unpaired) electrons. The number of benzene rings is 1. The molecule has 1 aromatic rings. The Morgan fingerprint density at radius 1 is 1.24 bits per heavy atom. The molecular formula is C19H25FO. The van der Waals surface area contributed by atoms with Crippen LogP contribution < -0.4 is 0 Å². The van der Waals surface area contributed by atoms with Crippen LogP contribution in [0.2, 0.25) is 0 Å². The maximum Gasteiger partial charge on any atom is 0.133 e. The van der Waals surface area contributed by atoms with Crippen LogP contribution in [0.4, 0.5) is 4.39 Å². The molecule has 1 aliphatic rings. The minimum Gasteiger partial charge on any atom is -0.300 e. The van der Waals surface area contributed by atoms with Gasteiger partial charge in [-0.3, -0.25) is 4.79 Å². The van der Waals surface area contributed by atoms with Crippen molar-refractivity contribution in [2.75, 3.05) is 0 Å². The molecule has 0 amide bonds. The second-order valence-corrected chi connectivity index (χ2v) is 6.03. The van der Waals surface area contributed by atoms with E-state index in [0.717, 1.165) is 32.1 Å². The fourth-order valence-corrected chi connectivity index (χ4v) is 2.91. The number of carbonyl (C=O) groups is 1. The summed E-state index contributed by atoms with van der Waals surface area (Å²) in [4.78, 5) is 11.3. The maximum atomic E-state index is 13.8. The molecule has 0 aliphatic heterocycles. The first-order chi connectivity index (χ1) is 10.2. The molecule has 1 nitrogen and oxygen atoms in total. The number of carbonyl (C=O) groups excluding carboxylic acids is 1. The average molecular weight is 288 g/mol. The zero-order chi connectivity index (χ0) is 14.9. The van der Waals surface area contributed by atoms with Crippen LogP contribution in [0, 0.1) is 5.92 Å². The number of hydrogen-bond donors (Lipinski definition) is 0. The lowest BCUT2D eigenvalue weighted by atomic mass is 9.88. The van der Waals surface area contributed by atoms with E-state index in [2.05, 4.69) is 12.1 Å². The van der Waals surface area contributed by atoms with Crippen molar-refractivity contribution >= 4 is 5.78 Å². The Hall–Kier alpha value is -1.44. The van der Waals surface area contributed by atoms with Crippen LogP contribution in [0.1, 0.15) is 50.5 Å². The molecular weight excluding hydrogens is 263 g/mol. The number of halogens is 1. The molecule has 2 heteroatoms. The summed E-state index contributed by atoms with van der Waals surface area (Å²) in [6.07, 6.45) is 9.59. The molecule has 2 atom stereocenters. The Bertz CT molecular complexity index is 452. The van der Waals surface area contributed by atoms with Gasteiger partial charge in [0.1, 0.15) is 12.0 Å². The Morgan fingerprint density at radius 3 is 2.81 bits per heavy atom. The van der Waals surface area contributed by atoms with Gasteiger partial charge in [-0.2, -0.15) is 0 Å². The van der Waals surface area contributed by atoms with Crippen molar-refractivity contribution in [3.05, 3.63) is 48.0 Å². The highest BCUT2D eigenvalue weighted by Gasteiger charge is 2.17. The summed E-state index contributed by atoms with van der Waals surface area (Å²) >= 11 is 0. The van der Waals surface area contributed by atoms with Crippen molar-refractivity contribution in [2.45, 2.75) is 57.5 Å². The van der Waals surface area contributed by atoms with Crippen LogP contribution in [0.5, 0.6) is 0 Å². The summed E-state index contributed by atoms with van der Waals surface area (Å²) in [5.74, 6) is 0.600. The normalized spacial score (nSPS) is 20.8. The van der Waals surface area contributed by atoms with E-state index >= 15 is 0 Å². The first kappa shape index (κ1) is 15.9. The van der Waals surface area contributed by atoms with E-state index in [1.165, 1.54) is 5.56 Å². The smallest absolute Gasteiger partial charge is 0.133 e. The van der Waals surface area contributed by atoms with Crippen molar-refractivity contribution in [3.63, 3.8) is 0 Å². The van der Waals surface area contributed by atoms with E-state index in [9.17, 15) is 9.18 Å². The summed E-state index contributed by atoms with van der Waals surface area (Å²) in [5, 5.41) is 0. The summed E-state index contributed by atoms with van der Waals surface area (Å²) in [7, 11) is 0. The molecule has 0 heterocycles. The van der Waals surface area contributed by atoms with Gasteiger partial charge in [0.05, 0.1) is 0 Å². The third kappa shape index (κ3) is 6.24. The largest absolute Gasteiger partial charge is 0.300 e. The Kier molecular flexibility index (Phi) is 6.65. The van der Waals surface area contributed by atoms with Crippen LogP contribution in [-0.2, 0) is 11.2 Å². The van der Waals surface area contributed by atoms with Crippen LogP contribution in [0.25, 0.3) is 0 Å². The minimum atomic E-state index is -0.863. The van der Waals surface area contributed by atoms with Gasteiger partial charge in [0.25, 0.3) is 0 Å². The van der Waals surface area contributed by atoms with Crippen molar-refractivity contribution in [3.8, 4) is 0 Å². The standard InChI is InChI=1S/C19H25FO/c20-18(14-13-17-10-6-12-19(21)15-17)11-5-4-9-16-7-2-1-3-8-16/h1-3,7-8,13-14,17-18H,4-6,9-12,15H2/b14-13+/t17-,18+/m1/s1. The van der Waals surface area contributed by atoms with Crippen LogP contribution in [-0.4, -0.2) is 12.0 Å². The third-order valence-corrected chi connectivity index (χ3v) is 4.15. The number of hydrogen-bond acceptors (Lipinski definition) is 1. The van der Waals surface area contributed by atoms with Gasteiger partial charge in [-0.05, 0) is 50.0 Å². The molecule has 1 aliphatic carbocycles. The molecule has 0 N–H and O–H groups in total. The zero-order valence-corrected chi connectivity index (χ0v) is 12.6. The van der Waals surface area contributed by atoms with E-state index < -0.39 is 6.17 Å². The monoisotopic (exact) mass is 288 g/mol. The number of rotatable bonds is 7. The van der Waals surface area contributed by atoms with Crippen molar-refractivity contribution in [1.29, 1.82) is 0 Å². The molecule has 0 spiro atoms. The van der Waals surface area contributed by atoms with Crippen molar-refractivity contribution < 1.29 is 9.18 Å². The van der Waals surface area contributed by atoms with Gasteiger partial charge in [-0.25, -0.2) is 4.39 Å². The SMILES string of the molecule is O=C1CCC[C@H](/C=C/[C@@H](F)CCCCc2ccccc2)C1.